The number of halogens is 1. The Hall–Kier alpha value is -2.52. The Kier molecular flexibility index (Phi) is 4.92. The molecule has 0 spiro atoms. The van der Waals surface area contributed by atoms with E-state index in [0.29, 0.717) is 15.9 Å². The van der Waals surface area contributed by atoms with Gasteiger partial charge in [-0.2, -0.15) is 0 Å². The topological polar surface area (TPSA) is 102 Å². The van der Waals surface area contributed by atoms with Crippen LogP contribution in [0.25, 0.3) is 11.2 Å². The fourth-order valence-corrected chi connectivity index (χ4v) is 3.28. The highest BCUT2D eigenvalue weighted by Crippen LogP contribution is 2.23. The van der Waals surface area contributed by atoms with Gasteiger partial charge in [0.1, 0.15) is 0 Å². The summed E-state index contributed by atoms with van der Waals surface area (Å²) in [5.74, 6) is -0.150. The molecule has 0 saturated carbocycles. The number of rotatable bonds is 4. The molecule has 0 bridgehead atoms. The molecule has 2 aromatic heterocycles. The van der Waals surface area contributed by atoms with Crippen LogP contribution in [0.15, 0.2) is 32.9 Å². The molecular weight excluding hydrogens is 378 g/mol. The molecule has 2 heterocycles. The lowest BCUT2D eigenvalue weighted by molar-refractivity contribution is -0.113. The second kappa shape index (κ2) is 7.00. The SMILES string of the molecule is Cc1c(Cl)cccc1NC(=O)CSc1nc2c([nH]1)c(=O)n(C)c(=O)n2C. The first-order chi connectivity index (χ1) is 12.3. The molecule has 0 aliphatic rings. The Morgan fingerprint density at radius 3 is 2.77 bits per heavy atom. The van der Waals surface area contributed by atoms with Gasteiger partial charge in [-0.3, -0.25) is 18.7 Å². The molecule has 26 heavy (non-hydrogen) atoms. The van der Waals surface area contributed by atoms with Crippen molar-refractivity contribution in [2.45, 2.75) is 12.1 Å². The normalized spacial score (nSPS) is 11.1. The molecule has 3 rings (SSSR count). The van der Waals surface area contributed by atoms with Crippen molar-refractivity contribution in [1.29, 1.82) is 0 Å². The predicted octanol–water partition coefficient (Wildman–Crippen LogP) is 1.65. The average molecular weight is 394 g/mol. The molecule has 0 atom stereocenters. The first-order valence-electron chi connectivity index (χ1n) is 7.63. The summed E-state index contributed by atoms with van der Waals surface area (Å²) in [5, 5.41) is 3.75. The molecule has 136 valence electrons. The van der Waals surface area contributed by atoms with Gasteiger partial charge in [0.05, 0.1) is 5.75 Å². The van der Waals surface area contributed by atoms with Crippen molar-refractivity contribution in [2.75, 3.05) is 11.1 Å². The van der Waals surface area contributed by atoms with Gasteiger partial charge in [-0.05, 0) is 24.6 Å². The number of aryl methyl sites for hydroxylation is 1. The Morgan fingerprint density at radius 2 is 2.04 bits per heavy atom. The summed E-state index contributed by atoms with van der Waals surface area (Å²) in [4.78, 5) is 43.4. The molecule has 0 fully saturated rings. The van der Waals surface area contributed by atoms with Crippen LogP contribution < -0.4 is 16.6 Å². The van der Waals surface area contributed by atoms with E-state index >= 15 is 0 Å². The van der Waals surface area contributed by atoms with Gasteiger partial charge in [-0.15, -0.1) is 0 Å². The van der Waals surface area contributed by atoms with Gasteiger partial charge in [-0.1, -0.05) is 29.4 Å². The molecule has 8 nitrogen and oxygen atoms in total. The van der Waals surface area contributed by atoms with Crippen molar-refractivity contribution in [3.8, 4) is 0 Å². The molecule has 1 amide bonds. The number of aromatic amines is 1. The van der Waals surface area contributed by atoms with Crippen LogP contribution in [0.2, 0.25) is 5.02 Å². The number of hydrogen-bond acceptors (Lipinski definition) is 5. The number of carbonyl (C=O) groups is 1. The van der Waals surface area contributed by atoms with E-state index in [4.69, 9.17) is 11.6 Å². The van der Waals surface area contributed by atoms with Gasteiger partial charge in [-0.25, -0.2) is 9.78 Å². The highest BCUT2D eigenvalue weighted by molar-refractivity contribution is 7.99. The van der Waals surface area contributed by atoms with E-state index in [9.17, 15) is 14.4 Å². The van der Waals surface area contributed by atoms with Crippen molar-refractivity contribution in [3.63, 3.8) is 0 Å². The summed E-state index contributed by atoms with van der Waals surface area (Å²) in [7, 11) is 2.94. The number of anilines is 1. The number of nitrogens with zero attached hydrogens (tertiary/aromatic N) is 3. The molecule has 3 aromatic rings. The van der Waals surface area contributed by atoms with E-state index in [1.54, 1.807) is 18.2 Å². The number of H-pyrrole nitrogens is 1. The Bertz CT molecular complexity index is 1130. The summed E-state index contributed by atoms with van der Waals surface area (Å²) < 4.78 is 2.29. The molecule has 0 unspecified atom stereocenters. The zero-order valence-electron chi connectivity index (χ0n) is 14.3. The van der Waals surface area contributed by atoms with E-state index in [2.05, 4.69) is 15.3 Å². The van der Waals surface area contributed by atoms with E-state index in [1.807, 2.05) is 6.92 Å². The molecule has 0 radical (unpaired) electrons. The molecule has 10 heteroatoms. The number of thioether (sulfide) groups is 1. The first-order valence-corrected chi connectivity index (χ1v) is 8.99. The summed E-state index contributed by atoms with van der Waals surface area (Å²) in [6, 6.07) is 5.28. The Morgan fingerprint density at radius 1 is 1.31 bits per heavy atom. The maximum absolute atomic E-state index is 12.2. The van der Waals surface area contributed by atoms with E-state index < -0.39 is 11.2 Å². The first kappa shape index (κ1) is 18.3. The fraction of sp³-hybridized carbons (Fsp3) is 0.250. The third kappa shape index (κ3) is 3.27. The zero-order valence-corrected chi connectivity index (χ0v) is 15.9. The average Bonchev–Trinajstić information content (AvgIpc) is 3.05. The minimum atomic E-state index is -0.459. The van der Waals surface area contributed by atoms with Crippen molar-refractivity contribution in [3.05, 3.63) is 49.6 Å². The lowest BCUT2D eigenvalue weighted by atomic mass is 10.2. The number of carbonyl (C=O) groups excluding carboxylic acids is 1. The van der Waals surface area contributed by atoms with Crippen LogP contribution in [-0.4, -0.2) is 30.8 Å². The van der Waals surface area contributed by atoms with Crippen LogP contribution >= 0.6 is 23.4 Å². The third-order valence-electron chi connectivity index (χ3n) is 3.95. The third-order valence-corrected chi connectivity index (χ3v) is 5.24. The minimum absolute atomic E-state index is 0.0834. The number of aromatic nitrogens is 4. The number of amides is 1. The van der Waals surface area contributed by atoms with Gasteiger partial charge in [0.2, 0.25) is 5.91 Å². The number of fused-ring (bicyclic) bond motifs is 1. The van der Waals surface area contributed by atoms with Crippen LogP contribution in [0.4, 0.5) is 5.69 Å². The summed E-state index contributed by atoms with van der Waals surface area (Å²) in [6.45, 7) is 1.82. The van der Waals surface area contributed by atoms with Crippen molar-refractivity contribution < 1.29 is 4.79 Å². The van der Waals surface area contributed by atoms with Gasteiger partial charge in [0.15, 0.2) is 16.3 Å². The Labute approximate surface area is 157 Å². The monoisotopic (exact) mass is 393 g/mol. The van der Waals surface area contributed by atoms with E-state index in [-0.39, 0.29) is 22.8 Å². The highest BCUT2D eigenvalue weighted by atomic mass is 35.5. The number of nitrogens with one attached hydrogen (secondary N) is 2. The lowest BCUT2D eigenvalue weighted by Crippen LogP contribution is -2.36. The van der Waals surface area contributed by atoms with Crippen molar-refractivity contribution >= 4 is 46.1 Å². The van der Waals surface area contributed by atoms with Crippen LogP contribution in [0.5, 0.6) is 0 Å². The molecule has 0 aliphatic carbocycles. The molecule has 0 aliphatic heterocycles. The maximum atomic E-state index is 12.2. The molecule has 2 N–H and O–H groups in total. The van der Waals surface area contributed by atoms with Crippen LogP contribution in [0, 0.1) is 6.92 Å². The van der Waals surface area contributed by atoms with Gasteiger partial charge < -0.3 is 10.3 Å². The fourth-order valence-electron chi connectivity index (χ4n) is 2.44. The largest absolute Gasteiger partial charge is 0.332 e. The molecule has 1 aromatic carbocycles. The van der Waals surface area contributed by atoms with Gasteiger partial charge in [0, 0.05) is 24.8 Å². The quantitative estimate of drug-likeness (QED) is 0.656. The maximum Gasteiger partial charge on any atom is 0.332 e. The number of imidazole rings is 1. The van der Waals surface area contributed by atoms with E-state index in [0.717, 1.165) is 21.9 Å². The second-order valence-corrected chi connectivity index (χ2v) is 7.07. The van der Waals surface area contributed by atoms with Crippen molar-refractivity contribution in [1.82, 2.24) is 19.1 Å². The zero-order chi connectivity index (χ0) is 19.0. The number of benzene rings is 1. The van der Waals surface area contributed by atoms with Gasteiger partial charge >= 0.3 is 5.69 Å². The smallest absolute Gasteiger partial charge is 0.327 e. The lowest BCUT2D eigenvalue weighted by Gasteiger charge is -2.08. The highest BCUT2D eigenvalue weighted by Gasteiger charge is 2.15. The molecular formula is C16H16ClN5O3S. The van der Waals surface area contributed by atoms with Crippen LogP contribution in [0.1, 0.15) is 5.56 Å². The van der Waals surface area contributed by atoms with Crippen molar-refractivity contribution in [2.24, 2.45) is 14.1 Å². The van der Waals surface area contributed by atoms with E-state index in [1.165, 1.54) is 18.7 Å². The van der Waals surface area contributed by atoms with Gasteiger partial charge in [0.25, 0.3) is 5.56 Å². The molecule has 0 saturated heterocycles. The van der Waals surface area contributed by atoms with Crippen LogP contribution in [-0.2, 0) is 18.9 Å². The summed E-state index contributed by atoms with van der Waals surface area (Å²) in [6.07, 6.45) is 0. The minimum Gasteiger partial charge on any atom is -0.327 e. The summed E-state index contributed by atoms with van der Waals surface area (Å²) >= 11 is 7.18. The second-order valence-electron chi connectivity index (χ2n) is 5.70. The Balaban J connectivity index is 1.78. The predicted molar refractivity (Wildman–Crippen MR) is 102 cm³/mol. The number of hydrogen-bond donors (Lipinski definition) is 2. The van der Waals surface area contributed by atoms with Crippen LogP contribution in [0.3, 0.4) is 0 Å². The standard InChI is InChI=1S/C16H16ClN5O3S/c1-8-9(17)5-4-6-10(8)18-11(23)7-26-15-19-12-13(20-15)21(2)16(25)22(3)14(12)24/h4-6H,7H2,1-3H3,(H,18,23)(H,19,20). The summed E-state index contributed by atoms with van der Waals surface area (Å²) in [5.41, 5.74) is 0.995.